The number of amides is 1. The number of aliphatic carboxylic acids is 1. The first kappa shape index (κ1) is 17.4. The fourth-order valence-corrected chi connectivity index (χ4v) is 3.21. The Labute approximate surface area is 146 Å². The van der Waals surface area contributed by atoms with Gasteiger partial charge in [0.2, 0.25) is 5.91 Å². The molecule has 136 valence electrons. The number of nitrogens with zero attached hydrogens (tertiary/aromatic N) is 5. The Kier molecular flexibility index (Phi) is 5.32. The van der Waals surface area contributed by atoms with Crippen LogP contribution < -0.4 is 0 Å². The van der Waals surface area contributed by atoms with E-state index in [4.69, 9.17) is 0 Å². The molecule has 3 heterocycles. The quantitative estimate of drug-likeness (QED) is 0.766. The third kappa shape index (κ3) is 4.56. The minimum Gasteiger partial charge on any atom is -0.481 e. The lowest BCUT2D eigenvalue weighted by Gasteiger charge is -2.24. The summed E-state index contributed by atoms with van der Waals surface area (Å²) in [5.74, 6) is -0.750. The summed E-state index contributed by atoms with van der Waals surface area (Å²) in [7, 11) is 0. The number of hydrazone groups is 1. The van der Waals surface area contributed by atoms with Gasteiger partial charge in [-0.3, -0.25) is 19.5 Å². The van der Waals surface area contributed by atoms with Crippen LogP contribution in [0.15, 0.2) is 17.5 Å². The van der Waals surface area contributed by atoms with Crippen LogP contribution in [0.3, 0.4) is 0 Å². The second kappa shape index (κ2) is 7.64. The van der Waals surface area contributed by atoms with E-state index in [1.165, 1.54) is 0 Å². The highest BCUT2D eigenvalue weighted by Gasteiger charge is 2.31. The summed E-state index contributed by atoms with van der Waals surface area (Å²) in [6.45, 7) is 5.23. The molecule has 9 nitrogen and oxygen atoms in total. The van der Waals surface area contributed by atoms with Crippen LogP contribution in [0.4, 0.5) is 0 Å². The molecule has 1 atom stereocenters. The number of aromatic amines is 1. The molecule has 0 aromatic carbocycles. The van der Waals surface area contributed by atoms with E-state index in [0.717, 1.165) is 24.5 Å². The second-order valence-corrected chi connectivity index (χ2v) is 6.62. The van der Waals surface area contributed by atoms with Crippen molar-refractivity contribution < 1.29 is 14.7 Å². The fourth-order valence-electron chi connectivity index (χ4n) is 3.21. The normalized spacial score (nSPS) is 22.0. The van der Waals surface area contributed by atoms with Crippen LogP contribution in [0.2, 0.25) is 0 Å². The largest absolute Gasteiger partial charge is 0.481 e. The molecule has 9 heteroatoms. The summed E-state index contributed by atoms with van der Waals surface area (Å²) in [5.41, 5.74) is 1.02. The maximum atomic E-state index is 12.6. The molecule has 1 unspecified atom stereocenters. The molecule has 1 aromatic rings. The van der Waals surface area contributed by atoms with Crippen LogP contribution in [-0.4, -0.2) is 86.7 Å². The van der Waals surface area contributed by atoms with Crippen molar-refractivity contribution in [1.29, 1.82) is 0 Å². The van der Waals surface area contributed by atoms with Crippen molar-refractivity contribution in [2.24, 2.45) is 11.0 Å². The third-order valence-corrected chi connectivity index (χ3v) is 4.60. The van der Waals surface area contributed by atoms with Gasteiger partial charge < -0.3 is 15.0 Å². The monoisotopic (exact) mass is 348 g/mol. The van der Waals surface area contributed by atoms with Crippen LogP contribution in [0.25, 0.3) is 0 Å². The molecule has 3 rings (SSSR count). The van der Waals surface area contributed by atoms with Crippen LogP contribution in [0.5, 0.6) is 0 Å². The summed E-state index contributed by atoms with van der Waals surface area (Å²) in [6.07, 6.45) is 4.30. The molecule has 0 spiro atoms. The molecule has 1 saturated heterocycles. The van der Waals surface area contributed by atoms with Crippen molar-refractivity contribution in [3.63, 3.8) is 0 Å². The molecule has 25 heavy (non-hydrogen) atoms. The highest BCUT2D eigenvalue weighted by Crippen LogP contribution is 2.14. The van der Waals surface area contributed by atoms with Gasteiger partial charge in [0.15, 0.2) is 0 Å². The molecule has 1 aromatic heterocycles. The van der Waals surface area contributed by atoms with Gasteiger partial charge >= 0.3 is 5.97 Å². The zero-order valence-corrected chi connectivity index (χ0v) is 14.4. The lowest BCUT2D eigenvalue weighted by atomic mass is 10.1. The van der Waals surface area contributed by atoms with Gasteiger partial charge in [-0.05, 0) is 6.92 Å². The maximum absolute atomic E-state index is 12.6. The second-order valence-electron chi connectivity index (χ2n) is 6.62. The number of carbonyl (C=O) groups is 2. The summed E-state index contributed by atoms with van der Waals surface area (Å²) >= 11 is 0. The van der Waals surface area contributed by atoms with E-state index >= 15 is 0 Å². The van der Waals surface area contributed by atoms with E-state index in [2.05, 4.69) is 15.1 Å². The number of carboxylic acid groups (broad SMARTS) is 1. The predicted octanol–water partition coefficient (Wildman–Crippen LogP) is -0.164. The molecule has 2 aliphatic rings. The summed E-state index contributed by atoms with van der Waals surface area (Å²) in [6, 6.07) is 0. The number of hydrogen-bond donors (Lipinski definition) is 2. The Morgan fingerprint density at radius 2 is 2.16 bits per heavy atom. The molecule has 0 bridgehead atoms. The summed E-state index contributed by atoms with van der Waals surface area (Å²) in [5, 5.41) is 15.6. The number of H-pyrrole nitrogens is 1. The van der Waals surface area contributed by atoms with E-state index in [0.29, 0.717) is 26.2 Å². The van der Waals surface area contributed by atoms with Crippen LogP contribution in [-0.2, 0) is 16.1 Å². The van der Waals surface area contributed by atoms with Crippen LogP contribution >= 0.6 is 0 Å². The molecular formula is C16H24N6O3. The average Bonchev–Trinajstić information content (AvgIpc) is 3.15. The van der Waals surface area contributed by atoms with Gasteiger partial charge in [0.05, 0.1) is 12.5 Å². The highest BCUT2D eigenvalue weighted by molar-refractivity contribution is 5.84. The first-order chi connectivity index (χ1) is 12.0. The standard InChI is InChI=1S/C16H24N6O3/c1-12-2-5-22(19-12)11-15(23)21-7-6-20(8-13(9-21)16(24)25)10-14-17-3-4-18-14/h3-4,13H,2,5-11H2,1H3,(H,17,18)(H,24,25). The first-order valence-corrected chi connectivity index (χ1v) is 8.51. The molecule has 1 amide bonds. The molecule has 0 aliphatic carbocycles. The van der Waals surface area contributed by atoms with E-state index < -0.39 is 11.9 Å². The van der Waals surface area contributed by atoms with Gasteiger partial charge in [0, 0.05) is 57.2 Å². The van der Waals surface area contributed by atoms with E-state index in [1.807, 2.05) is 11.8 Å². The lowest BCUT2D eigenvalue weighted by Crippen LogP contribution is -2.42. The minimum absolute atomic E-state index is 0.0652. The zero-order valence-electron chi connectivity index (χ0n) is 14.4. The number of carbonyl (C=O) groups excluding carboxylic acids is 1. The third-order valence-electron chi connectivity index (χ3n) is 4.60. The van der Waals surface area contributed by atoms with Crippen LogP contribution in [0, 0.1) is 5.92 Å². The highest BCUT2D eigenvalue weighted by atomic mass is 16.4. The van der Waals surface area contributed by atoms with E-state index in [9.17, 15) is 14.7 Å². The fraction of sp³-hybridized carbons (Fsp3) is 0.625. The van der Waals surface area contributed by atoms with Gasteiger partial charge in [0.25, 0.3) is 0 Å². The van der Waals surface area contributed by atoms with Crippen molar-refractivity contribution in [1.82, 2.24) is 24.8 Å². The van der Waals surface area contributed by atoms with Crippen molar-refractivity contribution >= 4 is 17.6 Å². The Morgan fingerprint density at radius 1 is 1.32 bits per heavy atom. The SMILES string of the molecule is CC1=NN(CC(=O)N2CCN(Cc3ncc[nH]3)CC(C(=O)O)C2)CC1. The number of imidazole rings is 1. The minimum atomic E-state index is -0.876. The Morgan fingerprint density at radius 3 is 2.80 bits per heavy atom. The maximum Gasteiger partial charge on any atom is 0.309 e. The first-order valence-electron chi connectivity index (χ1n) is 8.51. The van der Waals surface area contributed by atoms with Crippen molar-refractivity contribution in [2.75, 3.05) is 39.3 Å². The van der Waals surface area contributed by atoms with Crippen molar-refractivity contribution in [3.8, 4) is 0 Å². The molecule has 2 aliphatic heterocycles. The number of nitrogens with one attached hydrogen (secondary N) is 1. The predicted molar refractivity (Wildman–Crippen MR) is 90.9 cm³/mol. The Hall–Kier alpha value is -2.42. The van der Waals surface area contributed by atoms with Gasteiger partial charge in [-0.2, -0.15) is 5.10 Å². The topological polar surface area (TPSA) is 105 Å². The molecular weight excluding hydrogens is 324 g/mol. The zero-order chi connectivity index (χ0) is 17.8. The van der Waals surface area contributed by atoms with Gasteiger partial charge in [0.1, 0.15) is 12.4 Å². The Bertz CT molecular complexity index is 644. The van der Waals surface area contributed by atoms with Crippen molar-refractivity contribution in [3.05, 3.63) is 18.2 Å². The average molecular weight is 348 g/mol. The number of aromatic nitrogens is 2. The summed E-state index contributed by atoms with van der Waals surface area (Å²) < 4.78 is 0. The van der Waals surface area contributed by atoms with E-state index in [-0.39, 0.29) is 19.0 Å². The van der Waals surface area contributed by atoms with Gasteiger partial charge in [-0.15, -0.1) is 0 Å². The Balaban J connectivity index is 1.62. The lowest BCUT2D eigenvalue weighted by molar-refractivity contribution is -0.143. The van der Waals surface area contributed by atoms with Gasteiger partial charge in [-0.1, -0.05) is 0 Å². The number of hydrogen-bond acceptors (Lipinski definition) is 6. The molecule has 2 N–H and O–H groups in total. The number of carboxylic acids is 1. The van der Waals surface area contributed by atoms with Crippen molar-refractivity contribution in [2.45, 2.75) is 19.9 Å². The molecule has 0 saturated carbocycles. The number of rotatable bonds is 5. The summed E-state index contributed by atoms with van der Waals surface area (Å²) in [4.78, 5) is 35.1. The molecule has 1 fully saturated rings. The van der Waals surface area contributed by atoms with Crippen LogP contribution in [0.1, 0.15) is 19.2 Å². The van der Waals surface area contributed by atoms with Gasteiger partial charge in [-0.25, -0.2) is 4.98 Å². The molecule has 0 radical (unpaired) electrons. The smallest absolute Gasteiger partial charge is 0.309 e. The van der Waals surface area contributed by atoms with E-state index in [1.54, 1.807) is 22.3 Å².